The molecule has 1 rings (SSSR count). The fourth-order valence-electron chi connectivity index (χ4n) is 2.27. The van der Waals surface area contributed by atoms with Crippen LogP contribution in [0.25, 0.3) is 0 Å². The zero-order valence-corrected chi connectivity index (χ0v) is 14.0. The van der Waals surface area contributed by atoms with Crippen molar-refractivity contribution in [3.8, 4) is 0 Å². The molecule has 0 nitrogen and oxygen atoms in total. The minimum Gasteiger partial charge on any atom is -0.0654 e. The van der Waals surface area contributed by atoms with Gasteiger partial charge in [0, 0.05) is 0 Å². The average Bonchev–Trinajstić information content (AvgIpc) is 3.28. The summed E-state index contributed by atoms with van der Waals surface area (Å²) in [5.41, 5.74) is 0. The first-order valence-electron chi connectivity index (χ1n) is 9.41. The summed E-state index contributed by atoms with van der Waals surface area (Å²) >= 11 is 0. The molecular formula is C19H40. The highest BCUT2D eigenvalue weighted by Gasteiger charge is 1.95. The summed E-state index contributed by atoms with van der Waals surface area (Å²) in [7, 11) is 0. The van der Waals surface area contributed by atoms with Gasteiger partial charge in [-0.1, -0.05) is 123 Å². The molecule has 1 aliphatic carbocycles. The van der Waals surface area contributed by atoms with Crippen LogP contribution >= 0.6 is 0 Å². The van der Waals surface area contributed by atoms with Crippen molar-refractivity contribution >= 4 is 0 Å². The van der Waals surface area contributed by atoms with Crippen molar-refractivity contribution in [3.63, 3.8) is 0 Å². The van der Waals surface area contributed by atoms with Crippen LogP contribution in [0.4, 0.5) is 0 Å². The van der Waals surface area contributed by atoms with Gasteiger partial charge in [-0.15, -0.1) is 0 Å². The SMILES string of the molecule is C1CC1.CCCCCCCCCCCCCCCC. The van der Waals surface area contributed by atoms with E-state index in [9.17, 15) is 0 Å². The Kier molecular flexibility index (Phi) is 18.0. The zero-order valence-electron chi connectivity index (χ0n) is 14.0. The fraction of sp³-hybridized carbons (Fsp3) is 1.00. The quantitative estimate of drug-likeness (QED) is 0.301. The highest BCUT2D eigenvalue weighted by Crippen LogP contribution is 2.15. The van der Waals surface area contributed by atoms with Gasteiger partial charge in [-0.2, -0.15) is 0 Å². The van der Waals surface area contributed by atoms with E-state index >= 15 is 0 Å². The lowest BCUT2D eigenvalue weighted by molar-refractivity contribution is 0.538. The molecule has 0 aromatic carbocycles. The summed E-state index contributed by atoms with van der Waals surface area (Å²) in [6.07, 6.45) is 24.9. The molecule has 1 fully saturated rings. The maximum Gasteiger partial charge on any atom is -0.0533 e. The van der Waals surface area contributed by atoms with Gasteiger partial charge in [-0.25, -0.2) is 0 Å². The van der Waals surface area contributed by atoms with Crippen LogP contribution in [0.3, 0.4) is 0 Å². The van der Waals surface area contributed by atoms with Crippen molar-refractivity contribution in [2.24, 2.45) is 0 Å². The van der Waals surface area contributed by atoms with Gasteiger partial charge >= 0.3 is 0 Å². The predicted molar refractivity (Wildman–Crippen MR) is 89.8 cm³/mol. The third-order valence-electron chi connectivity index (χ3n) is 3.81. The lowest BCUT2D eigenvalue weighted by Crippen LogP contribution is -1.82. The van der Waals surface area contributed by atoms with Gasteiger partial charge in [0.1, 0.15) is 0 Å². The van der Waals surface area contributed by atoms with Gasteiger partial charge in [0.15, 0.2) is 0 Å². The van der Waals surface area contributed by atoms with E-state index in [1.165, 1.54) is 109 Å². The highest BCUT2D eigenvalue weighted by molar-refractivity contribution is 4.50. The number of rotatable bonds is 13. The van der Waals surface area contributed by atoms with Gasteiger partial charge in [0.05, 0.1) is 0 Å². The molecule has 1 saturated carbocycles. The molecule has 1 aliphatic rings. The summed E-state index contributed by atoms with van der Waals surface area (Å²) < 4.78 is 0. The fourth-order valence-corrected chi connectivity index (χ4v) is 2.27. The van der Waals surface area contributed by atoms with E-state index in [1.807, 2.05) is 0 Å². The number of hydrogen-bond acceptors (Lipinski definition) is 0. The predicted octanol–water partition coefficient (Wildman–Crippen LogP) is 7.66. The molecule has 0 heterocycles. The average molecular weight is 269 g/mol. The molecule has 0 heteroatoms. The van der Waals surface area contributed by atoms with Crippen molar-refractivity contribution in [2.75, 3.05) is 0 Å². The summed E-state index contributed by atoms with van der Waals surface area (Å²) in [4.78, 5) is 0. The molecule has 0 aromatic heterocycles. The molecule has 0 saturated heterocycles. The molecule has 0 aliphatic heterocycles. The van der Waals surface area contributed by atoms with Gasteiger partial charge in [0.25, 0.3) is 0 Å². The molecule has 0 atom stereocenters. The van der Waals surface area contributed by atoms with Crippen molar-refractivity contribution < 1.29 is 0 Å². The normalized spacial score (nSPS) is 12.9. The second kappa shape index (κ2) is 18.0. The van der Waals surface area contributed by atoms with E-state index in [4.69, 9.17) is 0 Å². The molecule has 0 unspecified atom stereocenters. The maximum absolute atomic E-state index is 2.29. The lowest BCUT2D eigenvalue weighted by Gasteiger charge is -2.02. The molecular weight excluding hydrogens is 228 g/mol. The van der Waals surface area contributed by atoms with Gasteiger partial charge in [-0.05, 0) is 0 Å². The zero-order chi connectivity index (χ0) is 14.0. The van der Waals surface area contributed by atoms with E-state index in [0.717, 1.165) is 0 Å². The van der Waals surface area contributed by atoms with E-state index < -0.39 is 0 Å². The van der Waals surface area contributed by atoms with Crippen LogP contribution in [-0.2, 0) is 0 Å². The molecule has 0 aromatic rings. The van der Waals surface area contributed by atoms with Crippen molar-refractivity contribution in [3.05, 3.63) is 0 Å². The van der Waals surface area contributed by atoms with Gasteiger partial charge < -0.3 is 0 Å². The van der Waals surface area contributed by atoms with Gasteiger partial charge in [0.2, 0.25) is 0 Å². The standard InChI is InChI=1S/C16H34.C3H6/c1-3-5-7-9-11-13-15-16-14-12-10-8-6-4-2;1-2-3-1/h3-16H2,1-2H3;1-3H2. The van der Waals surface area contributed by atoms with Crippen molar-refractivity contribution in [1.82, 2.24) is 0 Å². The van der Waals surface area contributed by atoms with Crippen LogP contribution in [0.5, 0.6) is 0 Å². The second-order valence-electron chi connectivity index (χ2n) is 6.30. The summed E-state index contributed by atoms with van der Waals surface area (Å²) in [5.74, 6) is 0. The third kappa shape index (κ3) is 23.5. The Bertz CT molecular complexity index is 120. The molecule has 116 valence electrons. The first-order valence-corrected chi connectivity index (χ1v) is 9.41. The van der Waals surface area contributed by atoms with Crippen LogP contribution in [-0.4, -0.2) is 0 Å². The minimum atomic E-state index is 1.37. The van der Waals surface area contributed by atoms with E-state index in [0.29, 0.717) is 0 Å². The molecule has 19 heavy (non-hydrogen) atoms. The van der Waals surface area contributed by atoms with Crippen LogP contribution in [0.1, 0.15) is 123 Å². The molecule has 0 radical (unpaired) electrons. The van der Waals surface area contributed by atoms with Crippen molar-refractivity contribution in [1.29, 1.82) is 0 Å². The third-order valence-corrected chi connectivity index (χ3v) is 3.81. The maximum atomic E-state index is 2.29. The topological polar surface area (TPSA) is 0 Å². The molecule has 0 bridgehead atoms. The molecule has 0 N–H and O–H groups in total. The lowest BCUT2D eigenvalue weighted by atomic mass is 10.0. The van der Waals surface area contributed by atoms with Crippen LogP contribution in [0.15, 0.2) is 0 Å². The number of unbranched alkanes of at least 4 members (excludes halogenated alkanes) is 13. The number of hydrogen-bond donors (Lipinski definition) is 0. The molecule has 0 spiro atoms. The molecule has 0 amide bonds. The Morgan fingerprint density at radius 2 is 0.579 bits per heavy atom. The monoisotopic (exact) mass is 268 g/mol. The Balaban J connectivity index is 0.000000934. The van der Waals surface area contributed by atoms with Crippen LogP contribution in [0.2, 0.25) is 0 Å². The smallest absolute Gasteiger partial charge is 0.0533 e. The van der Waals surface area contributed by atoms with E-state index in [-0.39, 0.29) is 0 Å². The summed E-state index contributed by atoms with van der Waals surface area (Å²) in [6.45, 7) is 4.58. The van der Waals surface area contributed by atoms with Gasteiger partial charge in [-0.3, -0.25) is 0 Å². The van der Waals surface area contributed by atoms with Crippen LogP contribution < -0.4 is 0 Å². The second-order valence-corrected chi connectivity index (χ2v) is 6.30. The van der Waals surface area contributed by atoms with Crippen LogP contribution in [0, 0.1) is 0 Å². The Labute approximate surface area is 123 Å². The Morgan fingerprint density at radius 3 is 0.737 bits per heavy atom. The Morgan fingerprint density at radius 1 is 0.368 bits per heavy atom. The van der Waals surface area contributed by atoms with E-state index in [1.54, 1.807) is 0 Å². The largest absolute Gasteiger partial charge is 0.0654 e. The highest BCUT2D eigenvalue weighted by atomic mass is 14.0. The summed E-state index contributed by atoms with van der Waals surface area (Å²) in [5, 5.41) is 0. The first-order chi connectivity index (χ1) is 9.41. The van der Waals surface area contributed by atoms with Crippen molar-refractivity contribution in [2.45, 2.75) is 123 Å². The first kappa shape index (κ1) is 19.0. The van der Waals surface area contributed by atoms with E-state index in [2.05, 4.69) is 13.8 Å². The minimum absolute atomic E-state index is 1.37. The Hall–Kier alpha value is 0. The summed E-state index contributed by atoms with van der Waals surface area (Å²) in [6, 6.07) is 0.